The van der Waals surface area contributed by atoms with Crippen molar-refractivity contribution in [1.82, 2.24) is 15.6 Å². The van der Waals surface area contributed by atoms with Gasteiger partial charge in [0.05, 0.1) is 22.3 Å². The number of hydrazone groups is 1. The van der Waals surface area contributed by atoms with E-state index in [9.17, 15) is 14.9 Å². The molecular formula is C14H7Cl2N5O5. The standard InChI is InChI=1S/C14H7Cl2N5O5/c15-8-2-1-3-9(16)7(8)6-17-19-13(22)14-18-12(20-26-14)10-4-5-11(25-10)21(23)24/h1-6H,(H,19,22)/b17-6+. The Labute approximate surface area is 154 Å². The maximum absolute atomic E-state index is 11.9. The molecule has 1 aromatic carbocycles. The van der Waals surface area contributed by atoms with Crippen LogP contribution < -0.4 is 5.43 Å². The number of carbonyl (C=O) groups excluding carboxylic acids is 1. The largest absolute Gasteiger partial charge is 0.433 e. The van der Waals surface area contributed by atoms with E-state index in [-0.39, 0.29) is 11.6 Å². The van der Waals surface area contributed by atoms with Crippen LogP contribution in [0.5, 0.6) is 0 Å². The molecule has 0 radical (unpaired) electrons. The predicted molar refractivity (Wildman–Crippen MR) is 90.2 cm³/mol. The zero-order valence-electron chi connectivity index (χ0n) is 12.6. The zero-order valence-corrected chi connectivity index (χ0v) is 14.1. The fourth-order valence-corrected chi connectivity index (χ4v) is 2.29. The molecule has 0 unspecified atom stereocenters. The summed E-state index contributed by atoms with van der Waals surface area (Å²) in [5.74, 6) is -1.85. The van der Waals surface area contributed by atoms with Crippen LogP contribution in [-0.2, 0) is 0 Å². The number of amides is 1. The second-order valence-electron chi connectivity index (χ2n) is 4.65. The molecule has 0 atom stereocenters. The molecule has 2 heterocycles. The van der Waals surface area contributed by atoms with Crippen LogP contribution in [0.15, 0.2) is 44.4 Å². The summed E-state index contributed by atoms with van der Waals surface area (Å²) >= 11 is 11.9. The van der Waals surface area contributed by atoms with Crippen LogP contribution in [0.3, 0.4) is 0 Å². The number of aromatic nitrogens is 2. The summed E-state index contributed by atoms with van der Waals surface area (Å²) in [7, 11) is 0. The summed E-state index contributed by atoms with van der Waals surface area (Å²) in [4.78, 5) is 25.6. The van der Waals surface area contributed by atoms with Crippen LogP contribution >= 0.6 is 23.2 Å². The van der Waals surface area contributed by atoms with Crippen LogP contribution in [0.1, 0.15) is 16.2 Å². The van der Waals surface area contributed by atoms with E-state index >= 15 is 0 Å². The average Bonchev–Trinajstić information content (AvgIpc) is 3.26. The SMILES string of the molecule is O=C(N/N=C/c1c(Cl)cccc1Cl)c1nc(-c2ccc([N+](=O)[O-])o2)no1. The van der Waals surface area contributed by atoms with Gasteiger partial charge in [-0.3, -0.25) is 14.9 Å². The Morgan fingerprint density at radius 3 is 2.65 bits per heavy atom. The molecule has 26 heavy (non-hydrogen) atoms. The number of nitrogens with zero attached hydrogens (tertiary/aromatic N) is 4. The lowest BCUT2D eigenvalue weighted by Crippen LogP contribution is -2.18. The molecule has 3 rings (SSSR count). The first kappa shape index (κ1) is 17.6. The number of benzene rings is 1. The number of nitrogens with one attached hydrogen (secondary N) is 1. The summed E-state index contributed by atoms with van der Waals surface area (Å²) in [6, 6.07) is 7.30. The van der Waals surface area contributed by atoms with Crippen molar-refractivity contribution in [3.05, 3.63) is 61.9 Å². The van der Waals surface area contributed by atoms with Crippen molar-refractivity contribution in [2.75, 3.05) is 0 Å². The molecule has 0 aliphatic heterocycles. The normalized spacial score (nSPS) is 11.0. The van der Waals surface area contributed by atoms with Crippen molar-refractivity contribution < 1.29 is 18.7 Å². The third-order valence-electron chi connectivity index (χ3n) is 2.97. The molecule has 0 saturated heterocycles. The molecule has 10 nitrogen and oxygen atoms in total. The molecule has 1 N–H and O–H groups in total. The zero-order chi connectivity index (χ0) is 18.7. The van der Waals surface area contributed by atoms with Crippen LogP contribution in [0.2, 0.25) is 10.0 Å². The Morgan fingerprint density at radius 1 is 1.27 bits per heavy atom. The maximum atomic E-state index is 11.9. The highest BCUT2D eigenvalue weighted by atomic mass is 35.5. The number of rotatable bonds is 5. The predicted octanol–water partition coefficient (Wildman–Crippen LogP) is 3.31. The van der Waals surface area contributed by atoms with Gasteiger partial charge in [0.2, 0.25) is 5.82 Å². The number of nitro groups is 1. The topological polar surface area (TPSA) is 137 Å². The summed E-state index contributed by atoms with van der Waals surface area (Å²) in [5.41, 5.74) is 2.59. The second kappa shape index (κ2) is 7.33. The summed E-state index contributed by atoms with van der Waals surface area (Å²) in [5, 5.41) is 18.5. The Kier molecular flexibility index (Phi) is 4.96. The third-order valence-corrected chi connectivity index (χ3v) is 3.63. The molecule has 0 aliphatic rings. The highest BCUT2D eigenvalue weighted by Gasteiger charge is 2.20. The van der Waals surface area contributed by atoms with Crippen molar-refractivity contribution in [3.63, 3.8) is 0 Å². The van der Waals surface area contributed by atoms with Gasteiger partial charge in [0.1, 0.15) is 4.92 Å². The van der Waals surface area contributed by atoms with E-state index in [0.717, 1.165) is 6.07 Å². The van der Waals surface area contributed by atoms with Crippen molar-refractivity contribution >= 4 is 41.2 Å². The van der Waals surface area contributed by atoms with Gasteiger partial charge in [0.15, 0.2) is 5.76 Å². The van der Waals surface area contributed by atoms with Gasteiger partial charge in [-0.25, -0.2) is 5.43 Å². The number of furan rings is 1. The summed E-state index contributed by atoms with van der Waals surface area (Å²) in [6.45, 7) is 0. The minimum atomic E-state index is -0.802. The molecule has 132 valence electrons. The number of hydrogen-bond acceptors (Lipinski definition) is 8. The van der Waals surface area contributed by atoms with Gasteiger partial charge in [-0.15, -0.1) is 0 Å². The van der Waals surface area contributed by atoms with Gasteiger partial charge in [0, 0.05) is 5.56 Å². The lowest BCUT2D eigenvalue weighted by Gasteiger charge is -2.00. The highest BCUT2D eigenvalue weighted by molar-refractivity contribution is 6.38. The number of hydrogen-bond donors (Lipinski definition) is 1. The lowest BCUT2D eigenvalue weighted by molar-refractivity contribution is -0.401. The fraction of sp³-hybridized carbons (Fsp3) is 0. The highest BCUT2D eigenvalue weighted by Crippen LogP contribution is 2.24. The fourth-order valence-electron chi connectivity index (χ4n) is 1.80. The summed E-state index contributed by atoms with van der Waals surface area (Å²) < 4.78 is 9.69. The molecule has 1 amide bonds. The van der Waals surface area contributed by atoms with Gasteiger partial charge >= 0.3 is 17.7 Å². The molecular weight excluding hydrogens is 389 g/mol. The number of carbonyl (C=O) groups is 1. The monoisotopic (exact) mass is 395 g/mol. The molecule has 0 aliphatic carbocycles. The van der Waals surface area contributed by atoms with Gasteiger partial charge in [-0.2, -0.15) is 10.1 Å². The Balaban J connectivity index is 1.70. The average molecular weight is 396 g/mol. The quantitative estimate of drug-likeness (QED) is 0.397. The van der Waals surface area contributed by atoms with Crippen molar-refractivity contribution in [2.45, 2.75) is 0 Å². The van der Waals surface area contributed by atoms with Crippen LogP contribution in [-0.4, -0.2) is 27.2 Å². The molecule has 2 aromatic heterocycles. The van der Waals surface area contributed by atoms with E-state index in [1.165, 1.54) is 12.3 Å². The lowest BCUT2D eigenvalue weighted by atomic mass is 10.2. The molecule has 0 fully saturated rings. The van der Waals surface area contributed by atoms with E-state index in [4.69, 9.17) is 32.1 Å². The van der Waals surface area contributed by atoms with E-state index in [2.05, 4.69) is 20.7 Å². The van der Waals surface area contributed by atoms with E-state index in [1.807, 2.05) is 0 Å². The van der Waals surface area contributed by atoms with Gasteiger partial charge in [0.25, 0.3) is 0 Å². The molecule has 12 heteroatoms. The smallest absolute Gasteiger partial charge is 0.397 e. The minimum Gasteiger partial charge on any atom is -0.397 e. The van der Waals surface area contributed by atoms with Crippen LogP contribution in [0.25, 0.3) is 11.6 Å². The Bertz CT molecular complexity index is 993. The first-order valence-electron chi connectivity index (χ1n) is 6.81. The first-order valence-corrected chi connectivity index (χ1v) is 7.57. The van der Waals surface area contributed by atoms with Gasteiger partial charge < -0.3 is 8.94 Å². The minimum absolute atomic E-state index is 0.0224. The maximum Gasteiger partial charge on any atom is 0.433 e. The molecule has 0 saturated carbocycles. The Morgan fingerprint density at radius 2 is 2.00 bits per heavy atom. The van der Waals surface area contributed by atoms with E-state index < -0.39 is 22.6 Å². The van der Waals surface area contributed by atoms with Crippen molar-refractivity contribution in [1.29, 1.82) is 0 Å². The molecule has 0 bridgehead atoms. The van der Waals surface area contributed by atoms with Gasteiger partial charge in [-0.1, -0.05) is 34.4 Å². The summed E-state index contributed by atoms with van der Waals surface area (Å²) in [6.07, 6.45) is 1.26. The Hall–Kier alpha value is -3.24. The van der Waals surface area contributed by atoms with E-state index in [1.54, 1.807) is 18.2 Å². The van der Waals surface area contributed by atoms with Gasteiger partial charge in [-0.05, 0) is 18.2 Å². The first-order chi connectivity index (χ1) is 12.5. The number of halogens is 2. The second-order valence-corrected chi connectivity index (χ2v) is 5.47. The van der Waals surface area contributed by atoms with Crippen LogP contribution in [0, 0.1) is 10.1 Å². The van der Waals surface area contributed by atoms with Crippen molar-refractivity contribution in [3.8, 4) is 11.6 Å². The van der Waals surface area contributed by atoms with E-state index in [0.29, 0.717) is 15.6 Å². The third kappa shape index (κ3) is 3.71. The van der Waals surface area contributed by atoms with Crippen LogP contribution in [0.4, 0.5) is 5.88 Å². The molecule has 3 aromatic rings. The molecule has 0 spiro atoms. The van der Waals surface area contributed by atoms with Crippen molar-refractivity contribution in [2.24, 2.45) is 5.10 Å².